The van der Waals surface area contributed by atoms with Gasteiger partial charge in [0.05, 0.1) is 0 Å². The lowest BCUT2D eigenvalue weighted by molar-refractivity contribution is 0.0697. The lowest BCUT2D eigenvalue weighted by Crippen LogP contribution is -2.15. The second kappa shape index (κ2) is 5.09. The van der Waals surface area contributed by atoms with Crippen LogP contribution < -0.4 is 5.32 Å². The molecule has 3 rings (SSSR count). The van der Waals surface area contributed by atoms with Crippen molar-refractivity contribution in [3.8, 4) is 0 Å². The molecule has 2 heterocycles. The van der Waals surface area contributed by atoms with Crippen molar-refractivity contribution < 1.29 is 19.1 Å². The van der Waals surface area contributed by atoms with E-state index in [4.69, 9.17) is 9.52 Å². The van der Waals surface area contributed by atoms with Crippen LogP contribution in [0.15, 0.2) is 53.1 Å². The largest absolute Gasteiger partial charge is 0.478 e. The van der Waals surface area contributed by atoms with Crippen LogP contribution in [0.25, 0.3) is 11.0 Å². The molecule has 1 aromatic carbocycles. The first-order chi connectivity index (χ1) is 10.1. The van der Waals surface area contributed by atoms with Crippen molar-refractivity contribution in [1.82, 2.24) is 4.98 Å². The zero-order valence-electron chi connectivity index (χ0n) is 10.7. The SMILES string of the molecule is O=C(Nc1ncccc1C(=O)O)c1cc2ccccc2o1. The molecule has 0 bridgehead atoms. The quantitative estimate of drug-likeness (QED) is 0.770. The lowest BCUT2D eigenvalue weighted by atomic mass is 10.2. The molecule has 0 unspecified atom stereocenters. The van der Waals surface area contributed by atoms with Gasteiger partial charge in [-0.3, -0.25) is 4.79 Å². The van der Waals surface area contributed by atoms with Crippen LogP contribution in [0.4, 0.5) is 5.82 Å². The number of rotatable bonds is 3. The van der Waals surface area contributed by atoms with E-state index in [-0.39, 0.29) is 17.1 Å². The van der Waals surface area contributed by atoms with E-state index in [0.29, 0.717) is 5.58 Å². The number of aromatic carboxylic acids is 1. The number of carboxylic acids is 1. The Morgan fingerprint density at radius 1 is 1.14 bits per heavy atom. The van der Waals surface area contributed by atoms with Gasteiger partial charge in [-0.05, 0) is 24.3 Å². The highest BCUT2D eigenvalue weighted by Gasteiger charge is 2.17. The maximum atomic E-state index is 12.1. The molecule has 6 heteroatoms. The average molecular weight is 282 g/mol. The summed E-state index contributed by atoms with van der Waals surface area (Å²) in [6.07, 6.45) is 1.40. The van der Waals surface area contributed by atoms with Crippen molar-refractivity contribution in [2.24, 2.45) is 0 Å². The molecule has 104 valence electrons. The van der Waals surface area contributed by atoms with Crippen LogP contribution in [0.2, 0.25) is 0 Å². The van der Waals surface area contributed by atoms with Gasteiger partial charge >= 0.3 is 5.97 Å². The number of carboxylic acid groups (broad SMARTS) is 1. The average Bonchev–Trinajstić information content (AvgIpc) is 2.91. The van der Waals surface area contributed by atoms with Crippen molar-refractivity contribution in [1.29, 1.82) is 0 Å². The molecule has 2 N–H and O–H groups in total. The van der Waals surface area contributed by atoms with E-state index in [1.54, 1.807) is 18.2 Å². The maximum Gasteiger partial charge on any atom is 0.339 e. The van der Waals surface area contributed by atoms with Crippen molar-refractivity contribution in [2.75, 3.05) is 5.32 Å². The second-order valence-corrected chi connectivity index (χ2v) is 4.31. The Morgan fingerprint density at radius 2 is 1.95 bits per heavy atom. The first-order valence-electron chi connectivity index (χ1n) is 6.13. The Kier molecular flexibility index (Phi) is 3.12. The maximum absolute atomic E-state index is 12.1. The smallest absolute Gasteiger partial charge is 0.339 e. The third-order valence-electron chi connectivity index (χ3n) is 2.92. The first-order valence-corrected chi connectivity index (χ1v) is 6.13. The Labute approximate surface area is 119 Å². The highest BCUT2D eigenvalue weighted by molar-refractivity contribution is 6.07. The van der Waals surface area contributed by atoms with Gasteiger partial charge in [0.15, 0.2) is 5.76 Å². The molecule has 0 radical (unpaired) electrons. The molecule has 1 amide bonds. The lowest BCUT2D eigenvalue weighted by Gasteiger charge is -2.05. The van der Waals surface area contributed by atoms with Gasteiger partial charge in [-0.25, -0.2) is 9.78 Å². The number of fused-ring (bicyclic) bond motifs is 1. The number of nitrogens with one attached hydrogen (secondary N) is 1. The molecule has 21 heavy (non-hydrogen) atoms. The number of hydrogen-bond donors (Lipinski definition) is 2. The van der Waals surface area contributed by atoms with Crippen LogP contribution in [0, 0.1) is 0 Å². The number of amides is 1. The van der Waals surface area contributed by atoms with Crippen LogP contribution in [-0.2, 0) is 0 Å². The topological polar surface area (TPSA) is 92.4 Å². The number of furan rings is 1. The summed E-state index contributed by atoms with van der Waals surface area (Å²) in [5.74, 6) is -1.64. The molecule has 0 aliphatic rings. The molecular weight excluding hydrogens is 272 g/mol. The minimum absolute atomic E-state index is 0.0181. The van der Waals surface area contributed by atoms with E-state index < -0.39 is 11.9 Å². The molecule has 0 saturated carbocycles. The number of carbonyl (C=O) groups is 2. The predicted octanol–water partition coefficient (Wildman–Crippen LogP) is 2.78. The molecular formula is C15H10N2O4. The van der Waals surface area contributed by atoms with E-state index in [2.05, 4.69) is 10.3 Å². The highest BCUT2D eigenvalue weighted by atomic mass is 16.4. The van der Waals surface area contributed by atoms with E-state index in [9.17, 15) is 9.59 Å². The van der Waals surface area contributed by atoms with Crippen molar-refractivity contribution >= 4 is 28.7 Å². The van der Waals surface area contributed by atoms with Crippen molar-refractivity contribution in [3.63, 3.8) is 0 Å². The normalized spacial score (nSPS) is 10.5. The zero-order valence-corrected chi connectivity index (χ0v) is 10.7. The standard InChI is InChI=1S/C15H10N2O4/c18-14(12-8-9-4-1-2-6-11(9)21-12)17-13-10(15(19)20)5-3-7-16-13/h1-8H,(H,19,20)(H,16,17,18). The fourth-order valence-corrected chi connectivity index (χ4v) is 1.94. The van der Waals surface area contributed by atoms with E-state index in [0.717, 1.165) is 5.39 Å². The van der Waals surface area contributed by atoms with E-state index in [1.165, 1.54) is 18.3 Å². The summed E-state index contributed by atoms with van der Waals surface area (Å²) < 4.78 is 5.42. The molecule has 0 aliphatic heterocycles. The van der Waals surface area contributed by atoms with Crippen LogP contribution in [-0.4, -0.2) is 22.0 Å². The summed E-state index contributed by atoms with van der Waals surface area (Å²) >= 11 is 0. The fraction of sp³-hybridized carbons (Fsp3) is 0. The van der Waals surface area contributed by atoms with Gasteiger partial charge < -0.3 is 14.8 Å². The van der Waals surface area contributed by atoms with Crippen LogP contribution >= 0.6 is 0 Å². The summed E-state index contributed by atoms with van der Waals surface area (Å²) in [4.78, 5) is 27.1. The van der Waals surface area contributed by atoms with E-state index >= 15 is 0 Å². The molecule has 0 saturated heterocycles. The Bertz CT molecular complexity index is 805. The molecule has 0 atom stereocenters. The number of pyridine rings is 1. The van der Waals surface area contributed by atoms with Gasteiger partial charge in [-0.15, -0.1) is 0 Å². The number of hydrogen-bond acceptors (Lipinski definition) is 4. The number of carbonyl (C=O) groups excluding carboxylic acids is 1. The Morgan fingerprint density at radius 3 is 2.71 bits per heavy atom. The minimum atomic E-state index is -1.16. The zero-order chi connectivity index (χ0) is 14.8. The third kappa shape index (κ3) is 2.46. The molecule has 0 fully saturated rings. The number of aromatic nitrogens is 1. The second-order valence-electron chi connectivity index (χ2n) is 4.31. The third-order valence-corrected chi connectivity index (χ3v) is 2.92. The van der Waals surface area contributed by atoms with Gasteiger partial charge in [0.25, 0.3) is 5.91 Å². The minimum Gasteiger partial charge on any atom is -0.478 e. The predicted molar refractivity (Wildman–Crippen MR) is 75.4 cm³/mol. The van der Waals surface area contributed by atoms with Gasteiger partial charge in [0.2, 0.25) is 0 Å². The summed E-state index contributed by atoms with van der Waals surface area (Å²) in [6, 6.07) is 11.6. The van der Waals surface area contributed by atoms with Crippen LogP contribution in [0.1, 0.15) is 20.9 Å². The van der Waals surface area contributed by atoms with Crippen molar-refractivity contribution in [2.45, 2.75) is 0 Å². The van der Waals surface area contributed by atoms with Gasteiger partial charge in [-0.1, -0.05) is 18.2 Å². The highest BCUT2D eigenvalue weighted by Crippen LogP contribution is 2.20. The van der Waals surface area contributed by atoms with E-state index in [1.807, 2.05) is 12.1 Å². The monoisotopic (exact) mass is 282 g/mol. The van der Waals surface area contributed by atoms with Crippen molar-refractivity contribution in [3.05, 3.63) is 60.0 Å². The molecule has 0 aliphatic carbocycles. The summed E-state index contributed by atoms with van der Waals surface area (Å²) in [5, 5.41) is 12.3. The first kappa shape index (κ1) is 12.9. The Hall–Kier alpha value is -3.15. The molecule has 6 nitrogen and oxygen atoms in total. The molecule has 2 aromatic heterocycles. The number of benzene rings is 1. The fourth-order valence-electron chi connectivity index (χ4n) is 1.94. The van der Waals surface area contributed by atoms with Gasteiger partial charge in [0, 0.05) is 11.6 Å². The number of para-hydroxylation sites is 1. The summed E-state index contributed by atoms with van der Waals surface area (Å²) in [7, 11) is 0. The van der Waals surface area contributed by atoms with Crippen LogP contribution in [0.3, 0.4) is 0 Å². The van der Waals surface area contributed by atoms with Gasteiger partial charge in [-0.2, -0.15) is 0 Å². The molecule has 3 aromatic rings. The van der Waals surface area contributed by atoms with Gasteiger partial charge in [0.1, 0.15) is 17.0 Å². The summed E-state index contributed by atoms with van der Waals surface area (Å²) in [6.45, 7) is 0. The summed E-state index contributed by atoms with van der Waals surface area (Å²) in [5.41, 5.74) is 0.504. The molecule has 0 spiro atoms. The van der Waals surface area contributed by atoms with Crippen LogP contribution in [0.5, 0.6) is 0 Å². The number of nitrogens with zero attached hydrogens (tertiary/aromatic N) is 1. The number of anilines is 1. The Balaban J connectivity index is 1.91.